The predicted octanol–water partition coefficient (Wildman–Crippen LogP) is 7.09. The number of nitrogens with zero attached hydrogens (tertiary/aromatic N) is 3. The summed E-state index contributed by atoms with van der Waals surface area (Å²) in [6, 6.07) is 21.3. The summed E-state index contributed by atoms with van der Waals surface area (Å²) in [6.07, 6.45) is 7.13. The maximum atomic E-state index is 13.0. The fourth-order valence-corrected chi connectivity index (χ4v) is 5.61. The van der Waals surface area contributed by atoms with Crippen molar-refractivity contribution in [1.29, 1.82) is 5.26 Å². The molecule has 1 fully saturated rings. The molecule has 3 aromatic carbocycles. The van der Waals surface area contributed by atoms with Crippen molar-refractivity contribution in [2.75, 3.05) is 44.0 Å². The summed E-state index contributed by atoms with van der Waals surface area (Å²) >= 11 is 6.58. The third-order valence-corrected chi connectivity index (χ3v) is 7.85. The topological polar surface area (TPSA) is 109 Å². The zero-order chi connectivity index (χ0) is 31.6. The molecule has 232 valence electrons. The van der Waals surface area contributed by atoms with Gasteiger partial charge >= 0.3 is 0 Å². The van der Waals surface area contributed by atoms with Gasteiger partial charge in [-0.25, -0.2) is 0 Å². The van der Waals surface area contributed by atoms with E-state index >= 15 is 0 Å². The van der Waals surface area contributed by atoms with E-state index in [0.29, 0.717) is 82.5 Å². The van der Waals surface area contributed by atoms with Gasteiger partial charge in [0, 0.05) is 49.1 Å². The number of carbonyl (C=O) groups excluding carboxylic acids is 1. The van der Waals surface area contributed by atoms with E-state index in [9.17, 15) is 10.1 Å². The van der Waals surface area contributed by atoms with Gasteiger partial charge in [-0.1, -0.05) is 48.0 Å². The Kier molecular flexibility index (Phi) is 10.9. The number of hydrogen-bond donors (Lipinski definition) is 2. The van der Waals surface area contributed by atoms with Crippen molar-refractivity contribution >= 4 is 45.5 Å². The molecule has 2 heterocycles. The van der Waals surface area contributed by atoms with Crippen LogP contribution in [-0.2, 0) is 16.1 Å². The Labute approximate surface area is 268 Å². The molecule has 0 spiro atoms. The van der Waals surface area contributed by atoms with Gasteiger partial charge in [0.1, 0.15) is 24.2 Å². The smallest absolute Gasteiger partial charge is 0.248 e. The van der Waals surface area contributed by atoms with Gasteiger partial charge in [0.2, 0.25) is 5.91 Å². The number of benzene rings is 3. The summed E-state index contributed by atoms with van der Waals surface area (Å²) < 4.78 is 17.1. The minimum Gasteiger partial charge on any atom is -0.492 e. The molecule has 5 rings (SSSR count). The second-order valence-corrected chi connectivity index (χ2v) is 11.0. The van der Waals surface area contributed by atoms with Crippen molar-refractivity contribution in [3.8, 4) is 17.6 Å². The number of fused-ring (bicyclic) bond motifs is 1. The zero-order valence-electron chi connectivity index (χ0n) is 25.4. The lowest BCUT2D eigenvalue weighted by molar-refractivity contribution is -0.111. The Morgan fingerprint density at radius 3 is 2.76 bits per heavy atom. The standard InChI is InChI=1S/C35H36ClN5O4/c1-3-44-33-19-30-28(18-31(33)40-34(42)12-8-16-41-15-7-11-27(41)23-43-2)35(25(20-37)21-38-30)39-26-13-14-32(29(36)17-26)45-22-24-9-5-4-6-10-24/h4-6,8-10,12-14,17-19,21,27H,3,7,11,15-16,22-23H2,1-2H3,(H,38,39)(H,40,42)/b12-8+/t27-/m0/s1. The van der Waals surface area contributed by atoms with Crippen LogP contribution in [0.5, 0.6) is 11.5 Å². The van der Waals surface area contributed by atoms with Crippen LogP contribution in [0.4, 0.5) is 17.1 Å². The lowest BCUT2D eigenvalue weighted by Crippen LogP contribution is -2.33. The molecule has 0 saturated carbocycles. The summed E-state index contributed by atoms with van der Waals surface area (Å²) in [7, 11) is 1.71. The van der Waals surface area contributed by atoms with Crippen molar-refractivity contribution in [2.24, 2.45) is 0 Å². The highest BCUT2D eigenvalue weighted by molar-refractivity contribution is 6.32. The number of halogens is 1. The fourth-order valence-electron chi connectivity index (χ4n) is 5.37. The SMILES string of the molecule is CCOc1cc2ncc(C#N)c(Nc3ccc(OCc4ccccc4)c(Cl)c3)c2cc1NC(=O)/C=C/CN1CCC[C@H]1COC. The highest BCUT2D eigenvalue weighted by atomic mass is 35.5. The molecule has 1 aromatic heterocycles. The van der Waals surface area contributed by atoms with E-state index in [4.69, 9.17) is 25.8 Å². The molecule has 2 N–H and O–H groups in total. The van der Waals surface area contributed by atoms with Gasteiger partial charge in [0.05, 0.1) is 40.7 Å². The molecule has 0 radical (unpaired) electrons. The van der Waals surface area contributed by atoms with Gasteiger partial charge < -0.3 is 24.8 Å². The second-order valence-electron chi connectivity index (χ2n) is 10.6. The normalized spacial score (nSPS) is 14.8. The molecule has 4 aromatic rings. The number of methoxy groups -OCH3 is 1. The van der Waals surface area contributed by atoms with Gasteiger partial charge in [-0.15, -0.1) is 0 Å². The van der Waals surface area contributed by atoms with E-state index in [-0.39, 0.29) is 5.91 Å². The predicted molar refractivity (Wildman–Crippen MR) is 177 cm³/mol. The molecule has 0 bridgehead atoms. The average molecular weight is 626 g/mol. The van der Waals surface area contributed by atoms with Gasteiger partial charge in [-0.2, -0.15) is 5.26 Å². The molecular formula is C35H36ClN5O4. The molecule has 1 aliphatic rings. The summed E-state index contributed by atoms with van der Waals surface area (Å²) in [4.78, 5) is 19.8. The number of rotatable bonds is 13. The van der Waals surface area contributed by atoms with Crippen molar-refractivity contribution in [3.05, 3.63) is 95.2 Å². The van der Waals surface area contributed by atoms with Crippen LogP contribution in [0.2, 0.25) is 5.02 Å². The molecule has 1 saturated heterocycles. The minimum absolute atomic E-state index is 0.283. The van der Waals surface area contributed by atoms with Crippen LogP contribution >= 0.6 is 11.6 Å². The van der Waals surface area contributed by atoms with Crippen molar-refractivity contribution in [2.45, 2.75) is 32.4 Å². The molecule has 0 aliphatic carbocycles. The Morgan fingerprint density at radius 2 is 2.00 bits per heavy atom. The van der Waals surface area contributed by atoms with Gasteiger partial charge in [-0.3, -0.25) is 14.7 Å². The van der Waals surface area contributed by atoms with Crippen molar-refractivity contribution in [1.82, 2.24) is 9.88 Å². The Bertz CT molecular complexity index is 1710. The van der Waals surface area contributed by atoms with Gasteiger partial charge in [0.15, 0.2) is 0 Å². The molecule has 0 unspecified atom stereocenters. The highest BCUT2D eigenvalue weighted by Crippen LogP contribution is 2.37. The first kappa shape index (κ1) is 31.8. The largest absolute Gasteiger partial charge is 0.492 e. The van der Waals surface area contributed by atoms with E-state index in [1.165, 1.54) is 12.3 Å². The number of hydrogen-bond acceptors (Lipinski definition) is 8. The van der Waals surface area contributed by atoms with Crippen LogP contribution in [0.1, 0.15) is 30.9 Å². The average Bonchev–Trinajstić information content (AvgIpc) is 3.49. The molecule has 1 aliphatic heterocycles. The summed E-state index contributed by atoms with van der Waals surface area (Å²) in [6.45, 7) is 5.00. The van der Waals surface area contributed by atoms with Crippen LogP contribution in [-0.4, -0.2) is 55.2 Å². The molecule has 10 heteroatoms. The minimum atomic E-state index is -0.283. The van der Waals surface area contributed by atoms with Crippen LogP contribution < -0.4 is 20.1 Å². The first-order valence-electron chi connectivity index (χ1n) is 14.9. The summed E-state index contributed by atoms with van der Waals surface area (Å²) in [5, 5.41) is 17.3. The van der Waals surface area contributed by atoms with Crippen LogP contribution in [0.25, 0.3) is 10.9 Å². The third-order valence-electron chi connectivity index (χ3n) is 7.55. The molecule has 45 heavy (non-hydrogen) atoms. The number of carbonyl (C=O) groups is 1. The Morgan fingerprint density at radius 1 is 1.16 bits per heavy atom. The second kappa shape index (κ2) is 15.4. The van der Waals surface area contributed by atoms with Gasteiger partial charge in [0.25, 0.3) is 0 Å². The lowest BCUT2D eigenvalue weighted by Gasteiger charge is -2.21. The van der Waals surface area contributed by atoms with E-state index in [1.807, 2.05) is 49.4 Å². The first-order valence-corrected chi connectivity index (χ1v) is 15.3. The van der Waals surface area contributed by atoms with Crippen LogP contribution in [0.3, 0.4) is 0 Å². The number of ether oxygens (including phenoxy) is 3. The molecule has 1 atom stereocenters. The van der Waals surface area contributed by atoms with E-state index in [0.717, 1.165) is 24.9 Å². The van der Waals surface area contributed by atoms with E-state index < -0.39 is 0 Å². The number of anilines is 3. The monoisotopic (exact) mass is 625 g/mol. The zero-order valence-corrected chi connectivity index (χ0v) is 26.1. The van der Waals surface area contributed by atoms with Crippen LogP contribution in [0, 0.1) is 11.3 Å². The van der Waals surface area contributed by atoms with Crippen LogP contribution in [0.15, 0.2) is 79.0 Å². The maximum Gasteiger partial charge on any atom is 0.248 e. The third kappa shape index (κ3) is 8.11. The number of amides is 1. The number of aromatic nitrogens is 1. The summed E-state index contributed by atoms with van der Waals surface area (Å²) in [5.74, 6) is 0.747. The van der Waals surface area contributed by atoms with Gasteiger partial charge in [-0.05, 0) is 56.1 Å². The molecule has 9 nitrogen and oxygen atoms in total. The Balaban J connectivity index is 1.37. The lowest BCUT2D eigenvalue weighted by atomic mass is 10.1. The maximum absolute atomic E-state index is 13.0. The number of nitrogens with one attached hydrogen (secondary N) is 2. The quantitative estimate of drug-likeness (QED) is 0.152. The summed E-state index contributed by atoms with van der Waals surface area (Å²) in [5.41, 5.74) is 3.63. The van der Waals surface area contributed by atoms with Crippen molar-refractivity contribution in [3.63, 3.8) is 0 Å². The highest BCUT2D eigenvalue weighted by Gasteiger charge is 2.23. The molecule has 1 amide bonds. The Hall–Kier alpha value is -4.62. The number of nitriles is 1. The first-order chi connectivity index (χ1) is 22.0. The van der Waals surface area contributed by atoms with E-state index in [2.05, 4.69) is 26.6 Å². The van der Waals surface area contributed by atoms with Crippen molar-refractivity contribution < 1.29 is 19.0 Å². The fraction of sp³-hybridized carbons (Fsp3) is 0.286. The number of pyridine rings is 1. The number of likely N-dealkylation sites (tertiary alicyclic amines) is 1. The molecular weight excluding hydrogens is 590 g/mol. The van der Waals surface area contributed by atoms with E-state index in [1.54, 1.807) is 31.4 Å².